The van der Waals surface area contributed by atoms with Crippen LogP contribution in [-0.2, 0) is 0 Å². The van der Waals surface area contributed by atoms with E-state index in [0.29, 0.717) is 10.6 Å². The van der Waals surface area contributed by atoms with Gasteiger partial charge in [0.2, 0.25) is 4.77 Å². The summed E-state index contributed by atoms with van der Waals surface area (Å²) in [6, 6.07) is 18.4. The van der Waals surface area contributed by atoms with Gasteiger partial charge in [-0.1, -0.05) is 42.5 Å². The molecule has 1 aromatic heterocycles. The molecule has 25 heavy (non-hydrogen) atoms. The van der Waals surface area contributed by atoms with Crippen LogP contribution in [0.4, 0.5) is 5.69 Å². The monoisotopic (exact) mass is 349 g/mol. The van der Waals surface area contributed by atoms with E-state index < -0.39 is 0 Å². The lowest BCUT2D eigenvalue weighted by Crippen LogP contribution is -2.17. The summed E-state index contributed by atoms with van der Waals surface area (Å²) in [5.74, 6) is 0.704. The molecule has 6 heteroatoms. The van der Waals surface area contributed by atoms with Crippen LogP contribution in [0.5, 0.6) is 0 Å². The minimum absolute atomic E-state index is 0.476. The van der Waals surface area contributed by atoms with Crippen LogP contribution >= 0.6 is 12.2 Å². The SMILES string of the molecule is S=c1[nH]nc(-c2ccccc2)n1/N=C/c1ccc(N2CCCC2)cc1. The lowest BCUT2D eigenvalue weighted by atomic mass is 10.2. The van der Waals surface area contributed by atoms with E-state index in [1.807, 2.05) is 36.5 Å². The molecule has 1 saturated heterocycles. The molecule has 1 aliphatic heterocycles. The van der Waals surface area contributed by atoms with Crippen molar-refractivity contribution in [2.24, 2.45) is 5.10 Å². The van der Waals surface area contributed by atoms with Gasteiger partial charge in [-0.25, -0.2) is 5.10 Å². The Hall–Kier alpha value is -2.73. The Morgan fingerprint density at radius 1 is 1.00 bits per heavy atom. The van der Waals surface area contributed by atoms with Gasteiger partial charge in [0.25, 0.3) is 0 Å². The highest BCUT2D eigenvalue weighted by Crippen LogP contribution is 2.20. The number of nitrogens with one attached hydrogen (secondary N) is 1. The zero-order valence-electron chi connectivity index (χ0n) is 13.8. The van der Waals surface area contributed by atoms with E-state index in [2.05, 4.69) is 44.5 Å². The van der Waals surface area contributed by atoms with Crippen molar-refractivity contribution in [1.29, 1.82) is 0 Å². The number of aromatic amines is 1. The highest BCUT2D eigenvalue weighted by molar-refractivity contribution is 7.71. The fraction of sp³-hybridized carbons (Fsp3) is 0.211. The van der Waals surface area contributed by atoms with E-state index in [-0.39, 0.29) is 0 Å². The van der Waals surface area contributed by atoms with Crippen LogP contribution in [0, 0.1) is 4.77 Å². The molecule has 0 amide bonds. The third-order valence-electron chi connectivity index (χ3n) is 4.37. The Kier molecular flexibility index (Phi) is 4.43. The summed E-state index contributed by atoms with van der Waals surface area (Å²) in [6.07, 6.45) is 4.37. The predicted molar refractivity (Wildman–Crippen MR) is 104 cm³/mol. The van der Waals surface area contributed by atoms with Gasteiger partial charge in [0.1, 0.15) is 0 Å². The molecular weight excluding hydrogens is 330 g/mol. The van der Waals surface area contributed by atoms with Crippen molar-refractivity contribution >= 4 is 24.1 Å². The average Bonchev–Trinajstić information content (AvgIpc) is 3.31. The molecule has 2 aromatic carbocycles. The summed E-state index contributed by atoms with van der Waals surface area (Å²) >= 11 is 5.31. The summed E-state index contributed by atoms with van der Waals surface area (Å²) in [4.78, 5) is 2.42. The Labute approximate surface area is 151 Å². The molecule has 0 radical (unpaired) electrons. The highest BCUT2D eigenvalue weighted by Gasteiger charge is 2.11. The van der Waals surface area contributed by atoms with E-state index in [1.165, 1.54) is 18.5 Å². The van der Waals surface area contributed by atoms with Crippen molar-refractivity contribution in [1.82, 2.24) is 14.9 Å². The first-order valence-electron chi connectivity index (χ1n) is 8.43. The van der Waals surface area contributed by atoms with Gasteiger partial charge < -0.3 is 4.90 Å². The van der Waals surface area contributed by atoms with Gasteiger partial charge in [0.05, 0.1) is 6.21 Å². The summed E-state index contributed by atoms with van der Waals surface area (Å²) in [5, 5.41) is 11.6. The molecule has 0 bridgehead atoms. The van der Waals surface area contributed by atoms with Crippen molar-refractivity contribution in [2.75, 3.05) is 18.0 Å². The van der Waals surface area contributed by atoms with Crippen LogP contribution in [0.25, 0.3) is 11.4 Å². The molecule has 0 saturated carbocycles. The van der Waals surface area contributed by atoms with Gasteiger partial charge in [-0.15, -0.1) is 0 Å². The van der Waals surface area contributed by atoms with Crippen molar-refractivity contribution < 1.29 is 0 Å². The number of nitrogens with zero attached hydrogens (tertiary/aromatic N) is 4. The first kappa shape index (κ1) is 15.8. The van der Waals surface area contributed by atoms with Crippen molar-refractivity contribution in [3.05, 3.63) is 64.9 Å². The van der Waals surface area contributed by atoms with Crippen LogP contribution in [-0.4, -0.2) is 34.2 Å². The van der Waals surface area contributed by atoms with Crippen molar-refractivity contribution in [3.8, 4) is 11.4 Å². The molecule has 0 unspecified atom stereocenters. The molecule has 3 aromatic rings. The van der Waals surface area contributed by atoms with Gasteiger partial charge >= 0.3 is 0 Å². The number of hydrogen-bond donors (Lipinski definition) is 1. The molecule has 126 valence electrons. The van der Waals surface area contributed by atoms with Crippen LogP contribution in [0.3, 0.4) is 0 Å². The first-order chi connectivity index (χ1) is 12.3. The lowest BCUT2D eigenvalue weighted by Gasteiger charge is -2.17. The predicted octanol–water partition coefficient (Wildman–Crippen LogP) is 4.09. The minimum atomic E-state index is 0.476. The van der Waals surface area contributed by atoms with E-state index in [0.717, 1.165) is 24.2 Å². The van der Waals surface area contributed by atoms with E-state index in [9.17, 15) is 0 Å². The van der Waals surface area contributed by atoms with Crippen LogP contribution < -0.4 is 4.90 Å². The summed E-state index contributed by atoms with van der Waals surface area (Å²) < 4.78 is 2.13. The van der Waals surface area contributed by atoms with E-state index in [4.69, 9.17) is 12.2 Å². The fourth-order valence-corrected chi connectivity index (χ4v) is 3.22. The number of H-pyrrole nitrogens is 1. The van der Waals surface area contributed by atoms with Gasteiger partial charge in [-0.05, 0) is 42.8 Å². The lowest BCUT2D eigenvalue weighted by molar-refractivity contribution is 0.871. The van der Waals surface area contributed by atoms with E-state index in [1.54, 1.807) is 4.68 Å². The maximum absolute atomic E-state index is 5.31. The van der Waals surface area contributed by atoms with Crippen molar-refractivity contribution in [3.63, 3.8) is 0 Å². The smallest absolute Gasteiger partial charge is 0.216 e. The average molecular weight is 349 g/mol. The molecule has 1 fully saturated rings. The molecule has 5 nitrogen and oxygen atoms in total. The summed E-state index contributed by atoms with van der Waals surface area (Å²) in [6.45, 7) is 2.30. The van der Waals surface area contributed by atoms with Crippen LogP contribution in [0.2, 0.25) is 0 Å². The highest BCUT2D eigenvalue weighted by atomic mass is 32.1. The number of hydrogen-bond acceptors (Lipinski definition) is 4. The molecule has 0 spiro atoms. The largest absolute Gasteiger partial charge is 0.372 e. The molecule has 4 rings (SSSR count). The van der Waals surface area contributed by atoms with Crippen LogP contribution in [0.15, 0.2) is 59.7 Å². The Morgan fingerprint density at radius 2 is 1.72 bits per heavy atom. The van der Waals surface area contributed by atoms with Crippen LogP contribution in [0.1, 0.15) is 18.4 Å². The third kappa shape index (κ3) is 3.39. The second kappa shape index (κ2) is 7.03. The Morgan fingerprint density at radius 3 is 2.44 bits per heavy atom. The first-order valence-corrected chi connectivity index (χ1v) is 8.84. The molecular formula is C19H19N5S. The number of rotatable bonds is 4. The minimum Gasteiger partial charge on any atom is -0.372 e. The third-order valence-corrected chi connectivity index (χ3v) is 4.63. The van der Waals surface area contributed by atoms with E-state index >= 15 is 0 Å². The molecule has 2 heterocycles. The molecule has 0 aliphatic carbocycles. The maximum Gasteiger partial charge on any atom is 0.216 e. The fourth-order valence-electron chi connectivity index (χ4n) is 3.04. The molecule has 1 N–H and O–H groups in total. The maximum atomic E-state index is 5.31. The molecule has 1 aliphatic rings. The summed E-state index contributed by atoms with van der Waals surface area (Å²) in [7, 11) is 0. The Balaban J connectivity index is 1.58. The Bertz CT molecular complexity index is 918. The normalized spacial score (nSPS) is 14.5. The van der Waals surface area contributed by atoms with Gasteiger partial charge in [0, 0.05) is 24.3 Å². The molecule has 0 atom stereocenters. The standard InChI is InChI=1S/C19H19N5S/c25-19-22-21-18(16-6-2-1-3-7-16)24(19)20-14-15-8-10-17(11-9-15)23-12-4-5-13-23/h1-3,6-11,14H,4-5,12-13H2,(H,22,25)/b20-14+. The number of benzene rings is 2. The van der Waals surface area contributed by atoms with Crippen molar-refractivity contribution in [2.45, 2.75) is 12.8 Å². The zero-order chi connectivity index (χ0) is 17.1. The van der Waals surface area contributed by atoms with Gasteiger partial charge in [0.15, 0.2) is 5.82 Å². The quantitative estimate of drug-likeness (QED) is 0.570. The second-order valence-electron chi connectivity index (χ2n) is 6.06. The number of anilines is 1. The second-order valence-corrected chi connectivity index (χ2v) is 6.45. The zero-order valence-corrected chi connectivity index (χ0v) is 14.6. The van der Waals surface area contributed by atoms with Gasteiger partial charge in [-0.2, -0.15) is 14.9 Å². The number of aromatic nitrogens is 3. The topological polar surface area (TPSA) is 49.2 Å². The van der Waals surface area contributed by atoms with Gasteiger partial charge in [-0.3, -0.25) is 0 Å². The summed E-state index contributed by atoms with van der Waals surface area (Å²) in [5.41, 5.74) is 3.28.